The van der Waals surface area contributed by atoms with E-state index in [0.29, 0.717) is 5.92 Å². The summed E-state index contributed by atoms with van der Waals surface area (Å²) < 4.78 is 2.33. The van der Waals surface area contributed by atoms with Crippen LogP contribution < -0.4 is 9.80 Å². The number of hydrogen-bond acceptors (Lipinski definition) is 6. The van der Waals surface area contributed by atoms with E-state index in [1.165, 1.54) is 12.2 Å². The van der Waals surface area contributed by atoms with Gasteiger partial charge in [-0.3, -0.25) is 0 Å². The molecule has 0 aromatic carbocycles. The van der Waals surface area contributed by atoms with Crippen molar-refractivity contribution in [2.45, 2.75) is 31.7 Å². The molecule has 0 N–H and O–H groups in total. The van der Waals surface area contributed by atoms with Crippen molar-refractivity contribution in [1.29, 1.82) is 0 Å². The lowest BCUT2D eigenvalue weighted by molar-refractivity contribution is 0.380. The Kier molecular flexibility index (Phi) is 6.08. The quantitative estimate of drug-likeness (QED) is 0.756. The number of nitrogens with zero attached hydrogens (tertiary/aromatic N) is 7. The molecule has 1 fully saturated rings. The maximum atomic E-state index is 4.70. The molecule has 0 unspecified atom stereocenters. The topological polar surface area (TPSA) is 53.3 Å². The number of anilines is 2. The van der Waals surface area contributed by atoms with Gasteiger partial charge in [-0.1, -0.05) is 0 Å². The summed E-state index contributed by atoms with van der Waals surface area (Å²) in [6, 6.07) is 0. The van der Waals surface area contributed by atoms with Crippen molar-refractivity contribution in [2.24, 2.45) is 0 Å². The summed E-state index contributed by atoms with van der Waals surface area (Å²) in [5.41, 5.74) is 0. The molecule has 0 spiro atoms. The lowest BCUT2D eigenvalue weighted by atomic mass is 9.97. The Hall–Kier alpha value is -2.15. The molecule has 0 aliphatic carbocycles. The number of piperidine rings is 1. The van der Waals surface area contributed by atoms with Crippen LogP contribution in [-0.4, -0.2) is 72.2 Å². The minimum absolute atomic E-state index is 0.440. The van der Waals surface area contributed by atoms with Crippen LogP contribution in [0.4, 0.5) is 11.6 Å². The summed E-state index contributed by atoms with van der Waals surface area (Å²) >= 11 is 0. The van der Waals surface area contributed by atoms with Gasteiger partial charge in [-0.25, -0.2) is 15.0 Å². The highest BCUT2D eigenvalue weighted by Crippen LogP contribution is 2.31. The molecule has 1 atom stereocenters. The first kappa shape index (κ1) is 18.6. The number of imidazole rings is 1. The molecule has 7 nitrogen and oxygen atoms in total. The molecule has 0 amide bonds. The molecule has 142 valence electrons. The highest BCUT2D eigenvalue weighted by atomic mass is 15.3. The maximum Gasteiger partial charge on any atom is 0.171 e. The number of aromatic nitrogens is 4. The van der Waals surface area contributed by atoms with Crippen molar-refractivity contribution in [1.82, 2.24) is 24.4 Å². The maximum absolute atomic E-state index is 4.70. The summed E-state index contributed by atoms with van der Waals surface area (Å²) in [4.78, 5) is 20.5. The van der Waals surface area contributed by atoms with Gasteiger partial charge >= 0.3 is 0 Å². The fraction of sp³-hybridized carbons (Fsp3) is 0.632. The summed E-state index contributed by atoms with van der Waals surface area (Å²) in [7, 11) is 8.28. The molecular weight excluding hydrogens is 326 g/mol. The van der Waals surface area contributed by atoms with Gasteiger partial charge in [0, 0.05) is 64.4 Å². The first-order chi connectivity index (χ1) is 12.6. The van der Waals surface area contributed by atoms with Crippen LogP contribution in [-0.2, 0) is 6.54 Å². The van der Waals surface area contributed by atoms with Crippen molar-refractivity contribution >= 4 is 11.6 Å². The van der Waals surface area contributed by atoms with Crippen molar-refractivity contribution in [2.75, 3.05) is 57.6 Å². The van der Waals surface area contributed by atoms with Crippen LogP contribution >= 0.6 is 0 Å². The Morgan fingerprint density at radius 3 is 2.65 bits per heavy atom. The molecule has 1 saturated heterocycles. The van der Waals surface area contributed by atoms with E-state index < -0.39 is 0 Å². The lowest BCUT2D eigenvalue weighted by Crippen LogP contribution is -2.37. The van der Waals surface area contributed by atoms with E-state index in [4.69, 9.17) is 4.98 Å². The van der Waals surface area contributed by atoms with Gasteiger partial charge in [-0.2, -0.15) is 0 Å². The molecule has 0 radical (unpaired) electrons. The Labute approximate surface area is 156 Å². The monoisotopic (exact) mass is 357 g/mol. The minimum atomic E-state index is 0.440. The highest BCUT2D eigenvalue weighted by Gasteiger charge is 2.27. The summed E-state index contributed by atoms with van der Waals surface area (Å²) in [6.45, 7) is 4.10. The zero-order valence-electron chi connectivity index (χ0n) is 16.5. The summed E-state index contributed by atoms with van der Waals surface area (Å²) in [5.74, 6) is 3.56. The van der Waals surface area contributed by atoms with E-state index in [1.807, 2.05) is 25.2 Å². The van der Waals surface area contributed by atoms with Crippen LogP contribution in [0.1, 0.15) is 31.0 Å². The van der Waals surface area contributed by atoms with Crippen LogP contribution in [0.3, 0.4) is 0 Å². The van der Waals surface area contributed by atoms with E-state index >= 15 is 0 Å². The molecule has 2 aromatic rings. The van der Waals surface area contributed by atoms with Gasteiger partial charge < -0.3 is 19.3 Å². The predicted octanol–water partition coefficient (Wildman–Crippen LogP) is 2.07. The van der Waals surface area contributed by atoms with E-state index in [0.717, 1.165) is 50.7 Å². The minimum Gasteiger partial charge on any atom is -0.360 e. The summed E-state index contributed by atoms with van der Waals surface area (Å²) in [6.07, 6.45) is 11.1. The third-order valence-corrected chi connectivity index (χ3v) is 4.92. The van der Waals surface area contributed by atoms with Gasteiger partial charge in [-0.05, 0) is 39.9 Å². The molecule has 2 aromatic heterocycles. The Morgan fingerprint density at radius 2 is 1.88 bits per heavy atom. The van der Waals surface area contributed by atoms with Crippen LogP contribution in [0.5, 0.6) is 0 Å². The fourth-order valence-corrected chi connectivity index (χ4v) is 3.67. The average Bonchev–Trinajstić information content (AvgIpc) is 3.10. The number of rotatable bonds is 7. The first-order valence-electron chi connectivity index (χ1n) is 9.45. The first-order valence-corrected chi connectivity index (χ1v) is 9.45. The third-order valence-electron chi connectivity index (χ3n) is 4.92. The molecule has 3 rings (SSSR count). The zero-order valence-corrected chi connectivity index (χ0v) is 16.5. The van der Waals surface area contributed by atoms with E-state index in [9.17, 15) is 0 Å². The predicted molar refractivity (Wildman–Crippen MR) is 106 cm³/mol. The Bertz CT molecular complexity index is 695. The normalized spacial score (nSPS) is 17.7. The molecule has 7 heteroatoms. The van der Waals surface area contributed by atoms with Gasteiger partial charge in [0.25, 0.3) is 0 Å². The van der Waals surface area contributed by atoms with Gasteiger partial charge in [0.1, 0.15) is 5.82 Å². The molecule has 0 saturated carbocycles. The van der Waals surface area contributed by atoms with Crippen molar-refractivity contribution in [3.8, 4) is 0 Å². The fourth-order valence-electron chi connectivity index (χ4n) is 3.67. The molecule has 1 aliphatic rings. The van der Waals surface area contributed by atoms with Crippen molar-refractivity contribution < 1.29 is 0 Å². The third kappa shape index (κ3) is 4.33. The average molecular weight is 358 g/mol. The van der Waals surface area contributed by atoms with E-state index in [2.05, 4.69) is 44.6 Å². The second-order valence-corrected chi connectivity index (χ2v) is 7.52. The van der Waals surface area contributed by atoms with Gasteiger partial charge in [-0.15, -0.1) is 0 Å². The second kappa shape index (κ2) is 8.49. The van der Waals surface area contributed by atoms with Gasteiger partial charge in [0.2, 0.25) is 0 Å². The van der Waals surface area contributed by atoms with Crippen molar-refractivity contribution in [3.05, 3.63) is 30.6 Å². The molecule has 26 heavy (non-hydrogen) atoms. The summed E-state index contributed by atoms with van der Waals surface area (Å²) in [5, 5.41) is 0. The van der Waals surface area contributed by atoms with E-state index in [-0.39, 0.29) is 0 Å². The molecular formula is C19H31N7. The smallest absolute Gasteiger partial charge is 0.171 e. The van der Waals surface area contributed by atoms with E-state index in [1.54, 1.807) is 12.4 Å². The zero-order chi connectivity index (χ0) is 18.5. The Morgan fingerprint density at radius 1 is 1.08 bits per heavy atom. The van der Waals surface area contributed by atoms with Gasteiger partial charge in [0.05, 0.1) is 0 Å². The highest BCUT2D eigenvalue weighted by molar-refractivity contribution is 5.61. The number of aryl methyl sites for hydroxylation is 1. The SMILES string of the molecule is CN(C)CCCn1ccnc1[C@@H]1CCCN(c2nccnc2N(C)C)C1. The second-order valence-electron chi connectivity index (χ2n) is 7.52. The lowest BCUT2D eigenvalue weighted by Gasteiger charge is -2.34. The van der Waals surface area contributed by atoms with Crippen LogP contribution in [0, 0.1) is 0 Å². The Balaban J connectivity index is 1.73. The van der Waals surface area contributed by atoms with Crippen molar-refractivity contribution in [3.63, 3.8) is 0 Å². The molecule has 3 heterocycles. The number of hydrogen-bond donors (Lipinski definition) is 0. The molecule has 0 bridgehead atoms. The van der Waals surface area contributed by atoms with Crippen LogP contribution in [0.15, 0.2) is 24.8 Å². The molecule has 1 aliphatic heterocycles. The van der Waals surface area contributed by atoms with Gasteiger partial charge in [0.15, 0.2) is 11.6 Å². The van der Waals surface area contributed by atoms with Crippen LogP contribution in [0.2, 0.25) is 0 Å². The standard InChI is InChI=1S/C19H31N7/c1-23(2)11-6-13-25-14-10-22-17(25)16-7-5-12-26(15-16)19-18(24(3)4)20-8-9-21-19/h8-10,14,16H,5-7,11-13,15H2,1-4H3/t16-/m1/s1. The largest absolute Gasteiger partial charge is 0.360 e. The van der Waals surface area contributed by atoms with Crippen LogP contribution in [0.25, 0.3) is 0 Å².